The van der Waals surface area contributed by atoms with E-state index in [1.807, 2.05) is 0 Å². The lowest BCUT2D eigenvalue weighted by molar-refractivity contribution is 0.390. The molecule has 0 radical (unpaired) electrons. The second-order valence-corrected chi connectivity index (χ2v) is 5.97. The molecular weight excluding hydrogens is 242 g/mol. The average molecular weight is 263 g/mol. The fraction of sp³-hybridized carbons (Fsp3) is 0.316. The van der Waals surface area contributed by atoms with Gasteiger partial charge in [0.25, 0.3) is 0 Å². The molecule has 0 bridgehead atoms. The molecule has 0 aromatic heterocycles. The van der Waals surface area contributed by atoms with E-state index in [1.165, 1.54) is 28.3 Å². The van der Waals surface area contributed by atoms with E-state index in [9.17, 15) is 0 Å². The van der Waals surface area contributed by atoms with Gasteiger partial charge in [0, 0.05) is 5.41 Å². The largest absolute Gasteiger partial charge is 0.293 e. The number of fused-ring (bicyclic) bond motifs is 1. The Morgan fingerprint density at radius 2 is 1.90 bits per heavy atom. The third-order valence-electron chi connectivity index (χ3n) is 4.87. The molecule has 102 valence electrons. The molecule has 0 amide bonds. The van der Waals surface area contributed by atoms with Crippen LogP contribution in [0.25, 0.3) is 10.8 Å². The Morgan fingerprint density at radius 3 is 2.70 bits per heavy atom. The van der Waals surface area contributed by atoms with E-state index in [-0.39, 0.29) is 11.5 Å². The van der Waals surface area contributed by atoms with Crippen molar-refractivity contribution < 1.29 is 0 Å². The quantitative estimate of drug-likeness (QED) is 0.539. The van der Waals surface area contributed by atoms with Crippen LogP contribution in [-0.2, 0) is 5.41 Å². The van der Waals surface area contributed by atoms with Crippen LogP contribution in [0.3, 0.4) is 0 Å². The first-order chi connectivity index (χ1) is 9.66. The minimum Gasteiger partial charge on any atom is -0.293 e. The molecule has 1 fully saturated rings. The van der Waals surface area contributed by atoms with Gasteiger partial charge in [-0.2, -0.15) is 0 Å². The molecule has 0 aliphatic heterocycles. The summed E-state index contributed by atoms with van der Waals surface area (Å²) in [4.78, 5) is 4.28. The second-order valence-electron chi connectivity index (χ2n) is 5.97. The van der Waals surface area contributed by atoms with E-state index in [4.69, 9.17) is 0 Å². The number of benzene rings is 2. The van der Waals surface area contributed by atoms with Crippen LogP contribution in [0.4, 0.5) is 0 Å². The van der Waals surface area contributed by atoms with Crippen LogP contribution >= 0.6 is 0 Å². The molecule has 1 saturated carbocycles. The van der Waals surface area contributed by atoms with Gasteiger partial charge in [-0.3, -0.25) is 4.99 Å². The van der Waals surface area contributed by atoms with Crippen molar-refractivity contribution in [2.75, 3.05) is 0 Å². The third-order valence-corrected chi connectivity index (χ3v) is 4.87. The maximum absolute atomic E-state index is 4.37. The zero-order valence-electron chi connectivity index (χ0n) is 12.1. The van der Waals surface area contributed by atoms with Crippen molar-refractivity contribution in [1.29, 1.82) is 0 Å². The molecule has 2 aromatic carbocycles. The summed E-state index contributed by atoms with van der Waals surface area (Å²) in [7, 11) is 0. The van der Waals surface area contributed by atoms with Gasteiger partial charge in [-0.1, -0.05) is 56.0 Å². The summed E-state index contributed by atoms with van der Waals surface area (Å²) in [6.45, 7) is 10.4. The first kappa shape index (κ1) is 13.1. The molecule has 0 N–H and O–H groups in total. The maximum atomic E-state index is 4.37. The standard InChI is InChI=1S/C19H21N/c1-14-18(20-3)12-7-13-19(14,2)17-11-6-9-15-8-4-5-10-16(15)17/h4-6,8-11,18H,1,3,7,12-13H2,2H3. The van der Waals surface area contributed by atoms with Gasteiger partial charge in [-0.15, -0.1) is 0 Å². The van der Waals surface area contributed by atoms with Crippen molar-refractivity contribution in [3.63, 3.8) is 0 Å². The lowest BCUT2D eigenvalue weighted by atomic mass is 9.65. The Kier molecular flexibility index (Phi) is 3.21. The molecule has 1 aliphatic carbocycles. The van der Waals surface area contributed by atoms with Crippen LogP contribution in [0.1, 0.15) is 31.7 Å². The molecule has 3 rings (SSSR count). The second kappa shape index (κ2) is 4.90. The van der Waals surface area contributed by atoms with Crippen molar-refractivity contribution in [2.45, 2.75) is 37.6 Å². The zero-order chi connectivity index (χ0) is 14.2. The SMILES string of the molecule is C=NC1CCCC(C)(c2cccc3ccccc23)C1=C. The average Bonchev–Trinajstić information content (AvgIpc) is 2.49. The lowest BCUT2D eigenvalue weighted by Crippen LogP contribution is -2.34. The van der Waals surface area contributed by atoms with Gasteiger partial charge < -0.3 is 0 Å². The molecule has 0 heterocycles. The van der Waals surface area contributed by atoms with Gasteiger partial charge in [-0.25, -0.2) is 0 Å². The number of nitrogens with zero attached hydrogens (tertiary/aromatic N) is 1. The summed E-state index contributed by atoms with van der Waals surface area (Å²) in [6, 6.07) is 15.4. The topological polar surface area (TPSA) is 12.4 Å². The number of aliphatic imine (C=N–C) groups is 1. The monoisotopic (exact) mass is 263 g/mol. The molecule has 0 saturated heterocycles. The van der Waals surface area contributed by atoms with Crippen LogP contribution < -0.4 is 0 Å². The van der Waals surface area contributed by atoms with Crippen molar-refractivity contribution in [3.8, 4) is 0 Å². The zero-order valence-corrected chi connectivity index (χ0v) is 12.1. The summed E-state index contributed by atoms with van der Waals surface area (Å²) in [5.74, 6) is 0. The molecule has 0 spiro atoms. The fourth-order valence-corrected chi connectivity index (χ4v) is 3.57. The van der Waals surface area contributed by atoms with E-state index >= 15 is 0 Å². The predicted octanol–water partition coefficient (Wildman–Crippen LogP) is 4.91. The van der Waals surface area contributed by atoms with Crippen LogP contribution in [0.2, 0.25) is 0 Å². The Bertz CT molecular complexity index is 665. The van der Waals surface area contributed by atoms with Crippen LogP contribution in [0.5, 0.6) is 0 Å². The first-order valence-corrected chi connectivity index (χ1v) is 7.30. The summed E-state index contributed by atoms with van der Waals surface area (Å²) in [6.07, 6.45) is 3.41. The summed E-state index contributed by atoms with van der Waals surface area (Å²) >= 11 is 0. The van der Waals surface area contributed by atoms with E-state index in [0.29, 0.717) is 0 Å². The molecular formula is C19H21N. The minimum atomic E-state index is 0.00493. The summed E-state index contributed by atoms with van der Waals surface area (Å²) in [5, 5.41) is 2.64. The number of rotatable bonds is 2. The van der Waals surface area contributed by atoms with Crippen LogP contribution in [0.15, 0.2) is 59.6 Å². The van der Waals surface area contributed by atoms with E-state index < -0.39 is 0 Å². The molecule has 2 aromatic rings. The molecule has 2 unspecified atom stereocenters. The normalized spacial score (nSPS) is 26.6. The number of hydrogen-bond donors (Lipinski definition) is 0. The van der Waals surface area contributed by atoms with E-state index in [2.05, 4.69) is 67.7 Å². The van der Waals surface area contributed by atoms with Crippen molar-refractivity contribution in [1.82, 2.24) is 0 Å². The molecule has 1 aliphatic rings. The highest BCUT2D eigenvalue weighted by Crippen LogP contribution is 2.45. The highest BCUT2D eigenvalue weighted by Gasteiger charge is 2.37. The Balaban J connectivity index is 2.18. The maximum Gasteiger partial charge on any atom is 0.0707 e. The molecule has 2 atom stereocenters. The highest BCUT2D eigenvalue weighted by molar-refractivity contribution is 5.87. The van der Waals surface area contributed by atoms with Gasteiger partial charge in [0.1, 0.15) is 0 Å². The predicted molar refractivity (Wildman–Crippen MR) is 87.6 cm³/mol. The Labute approximate surface area is 121 Å². The van der Waals surface area contributed by atoms with Gasteiger partial charge in [0.2, 0.25) is 0 Å². The van der Waals surface area contributed by atoms with Gasteiger partial charge in [0.05, 0.1) is 6.04 Å². The van der Waals surface area contributed by atoms with Gasteiger partial charge >= 0.3 is 0 Å². The van der Waals surface area contributed by atoms with Crippen LogP contribution in [-0.4, -0.2) is 12.8 Å². The summed E-state index contributed by atoms with van der Waals surface area (Å²) in [5.41, 5.74) is 2.61. The van der Waals surface area contributed by atoms with Crippen molar-refractivity contribution >= 4 is 17.5 Å². The molecule has 1 heteroatoms. The van der Waals surface area contributed by atoms with E-state index in [0.717, 1.165) is 12.8 Å². The third kappa shape index (κ3) is 1.89. The lowest BCUT2D eigenvalue weighted by Gasteiger charge is -2.40. The fourth-order valence-electron chi connectivity index (χ4n) is 3.57. The van der Waals surface area contributed by atoms with Crippen molar-refractivity contribution in [3.05, 3.63) is 60.2 Å². The van der Waals surface area contributed by atoms with Gasteiger partial charge in [-0.05, 0) is 47.9 Å². The van der Waals surface area contributed by atoms with Gasteiger partial charge in [0.15, 0.2) is 0 Å². The number of hydrogen-bond acceptors (Lipinski definition) is 1. The molecule has 1 nitrogen and oxygen atoms in total. The Morgan fingerprint density at radius 1 is 1.15 bits per heavy atom. The van der Waals surface area contributed by atoms with E-state index in [1.54, 1.807) is 0 Å². The first-order valence-electron chi connectivity index (χ1n) is 7.30. The smallest absolute Gasteiger partial charge is 0.0707 e. The Hall–Kier alpha value is -1.89. The van der Waals surface area contributed by atoms with Crippen LogP contribution in [0, 0.1) is 0 Å². The van der Waals surface area contributed by atoms with Crippen molar-refractivity contribution in [2.24, 2.45) is 4.99 Å². The summed E-state index contributed by atoms with van der Waals surface area (Å²) < 4.78 is 0. The highest BCUT2D eigenvalue weighted by atomic mass is 14.8. The molecule has 20 heavy (non-hydrogen) atoms. The minimum absolute atomic E-state index is 0.00493.